The van der Waals surface area contributed by atoms with Crippen molar-refractivity contribution < 1.29 is 14.8 Å². The lowest BCUT2D eigenvalue weighted by molar-refractivity contribution is -0.385. The van der Waals surface area contributed by atoms with Crippen LogP contribution in [0.15, 0.2) is 22.7 Å². The molecule has 1 aromatic carbocycles. The summed E-state index contributed by atoms with van der Waals surface area (Å²) < 4.78 is 0.396. The molecule has 1 saturated carbocycles. The Labute approximate surface area is 118 Å². The SMILES string of the molecule is O=C(O)C1(Cc2cccc([N+](=O)[O-])c2Br)CCCC1. The molecule has 6 heteroatoms. The van der Waals surface area contributed by atoms with Gasteiger partial charge in [0.25, 0.3) is 5.69 Å². The Hall–Kier alpha value is -1.43. The summed E-state index contributed by atoms with van der Waals surface area (Å²) in [5, 5.41) is 20.3. The normalized spacial score (nSPS) is 17.3. The first-order valence-electron chi connectivity index (χ1n) is 6.11. The van der Waals surface area contributed by atoms with E-state index in [1.165, 1.54) is 6.07 Å². The topological polar surface area (TPSA) is 80.4 Å². The first kappa shape index (κ1) is 14.0. The maximum absolute atomic E-state index is 11.5. The van der Waals surface area contributed by atoms with Gasteiger partial charge < -0.3 is 5.11 Å². The second-order valence-corrected chi connectivity index (χ2v) is 5.77. The first-order chi connectivity index (χ1) is 8.96. The van der Waals surface area contributed by atoms with Gasteiger partial charge in [0, 0.05) is 6.07 Å². The van der Waals surface area contributed by atoms with Crippen molar-refractivity contribution in [1.29, 1.82) is 0 Å². The van der Waals surface area contributed by atoms with Gasteiger partial charge in [-0.05, 0) is 40.8 Å². The van der Waals surface area contributed by atoms with Crippen LogP contribution in [-0.4, -0.2) is 16.0 Å². The molecule has 2 rings (SSSR count). The summed E-state index contributed by atoms with van der Waals surface area (Å²) in [6, 6.07) is 4.76. The maximum atomic E-state index is 11.5. The summed E-state index contributed by atoms with van der Waals surface area (Å²) in [5.41, 5.74) is -0.0906. The minimum absolute atomic E-state index is 0.0176. The highest BCUT2D eigenvalue weighted by Gasteiger charge is 2.41. The van der Waals surface area contributed by atoms with Gasteiger partial charge in [-0.3, -0.25) is 14.9 Å². The van der Waals surface area contributed by atoms with Gasteiger partial charge in [-0.2, -0.15) is 0 Å². The van der Waals surface area contributed by atoms with Gasteiger partial charge >= 0.3 is 5.97 Å². The molecule has 102 valence electrons. The second-order valence-electron chi connectivity index (χ2n) is 4.98. The number of carboxylic acids is 1. The Morgan fingerprint density at radius 1 is 1.42 bits per heavy atom. The van der Waals surface area contributed by atoms with Crippen molar-refractivity contribution in [2.24, 2.45) is 5.41 Å². The van der Waals surface area contributed by atoms with Crippen molar-refractivity contribution in [3.05, 3.63) is 38.3 Å². The zero-order valence-corrected chi connectivity index (χ0v) is 11.9. The van der Waals surface area contributed by atoms with E-state index in [9.17, 15) is 20.0 Å². The molecule has 1 N–H and O–H groups in total. The zero-order valence-electron chi connectivity index (χ0n) is 10.3. The fraction of sp³-hybridized carbons (Fsp3) is 0.462. The standard InChI is InChI=1S/C13H14BrNO4/c14-11-9(4-3-5-10(11)15(18)19)8-13(12(16)17)6-1-2-7-13/h3-5H,1-2,6-8H2,(H,16,17). The molecule has 1 aliphatic carbocycles. The summed E-state index contributed by atoms with van der Waals surface area (Å²) in [7, 11) is 0. The number of benzene rings is 1. The molecule has 1 aromatic rings. The van der Waals surface area contributed by atoms with Gasteiger partial charge in [0.1, 0.15) is 0 Å². The third-order valence-electron chi connectivity index (χ3n) is 3.80. The van der Waals surface area contributed by atoms with Crippen LogP contribution in [0.1, 0.15) is 31.2 Å². The largest absolute Gasteiger partial charge is 0.481 e. The number of carboxylic acid groups (broad SMARTS) is 1. The predicted octanol–water partition coefficient (Wildman–Crippen LogP) is 3.54. The van der Waals surface area contributed by atoms with E-state index in [-0.39, 0.29) is 5.69 Å². The number of rotatable bonds is 4. The van der Waals surface area contributed by atoms with E-state index in [0.717, 1.165) is 12.8 Å². The van der Waals surface area contributed by atoms with Crippen LogP contribution < -0.4 is 0 Å². The number of nitrogens with zero attached hydrogens (tertiary/aromatic N) is 1. The molecule has 0 heterocycles. The molecule has 0 aliphatic heterocycles. The second kappa shape index (κ2) is 5.28. The van der Waals surface area contributed by atoms with Crippen LogP contribution in [0.2, 0.25) is 0 Å². The summed E-state index contributed by atoms with van der Waals surface area (Å²) in [6.45, 7) is 0. The van der Waals surface area contributed by atoms with Gasteiger partial charge in [-0.25, -0.2) is 0 Å². The Kier molecular flexibility index (Phi) is 3.89. The van der Waals surface area contributed by atoms with Crippen LogP contribution in [0, 0.1) is 15.5 Å². The van der Waals surface area contributed by atoms with Crippen LogP contribution in [0.25, 0.3) is 0 Å². The number of hydrogen-bond donors (Lipinski definition) is 1. The van der Waals surface area contributed by atoms with E-state index < -0.39 is 16.3 Å². The Balaban J connectivity index is 2.35. The van der Waals surface area contributed by atoms with Gasteiger partial charge in [0.2, 0.25) is 0 Å². The van der Waals surface area contributed by atoms with Gasteiger partial charge in [-0.15, -0.1) is 0 Å². The average Bonchev–Trinajstić information content (AvgIpc) is 2.81. The lowest BCUT2D eigenvalue weighted by Crippen LogP contribution is -2.30. The number of hydrogen-bond acceptors (Lipinski definition) is 3. The van der Waals surface area contributed by atoms with Crippen molar-refractivity contribution in [2.45, 2.75) is 32.1 Å². The van der Waals surface area contributed by atoms with Crippen molar-refractivity contribution in [1.82, 2.24) is 0 Å². The predicted molar refractivity (Wildman–Crippen MR) is 73.0 cm³/mol. The maximum Gasteiger partial charge on any atom is 0.309 e. The van der Waals surface area contributed by atoms with Crippen LogP contribution in [0.4, 0.5) is 5.69 Å². The molecule has 1 fully saturated rings. The summed E-state index contributed by atoms with van der Waals surface area (Å²) in [4.78, 5) is 21.9. The monoisotopic (exact) mass is 327 g/mol. The van der Waals surface area contributed by atoms with Gasteiger partial charge in [0.15, 0.2) is 0 Å². The quantitative estimate of drug-likeness (QED) is 0.677. The molecule has 0 bridgehead atoms. The van der Waals surface area contributed by atoms with Gasteiger partial charge in [0.05, 0.1) is 14.8 Å². The average molecular weight is 328 g/mol. The number of aliphatic carboxylic acids is 1. The van der Waals surface area contributed by atoms with Crippen LogP contribution in [0.3, 0.4) is 0 Å². The smallest absolute Gasteiger partial charge is 0.309 e. The number of carbonyl (C=O) groups is 1. The minimum atomic E-state index is -0.802. The Morgan fingerprint density at radius 2 is 2.05 bits per heavy atom. The molecule has 0 aromatic heterocycles. The van der Waals surface area contributed by atoms with E-state index in [1.807, 2.05) is 0 Å². The van der Waals surface area contributed by atoms with E-state index in [1.54, 1.807) is 12.1 Å². The van der Waals surface area contributed by atoms with Crippen molar-refractivity contribution in [3.8, 4) is 0 Å². The molecule has 19 heavy (non-hydrogen) atoms. The fourth-order valence-electron chi connectivity index (χ4n) is 2.73. The molecule has 0 unspecified atom stereocenters. The molecule has 0 radical (unpaired) electrons. The molecule has 5 nitrogen and oxygen atoms in total. The van der Waals surface area contributed by atoms with Crippen molar-refractivity contribution in [2.75, 3.05) is 0 Å². The van der Waals surface area contributed by atoms with Crippen LogP contribution in [0.5, 0.6) is 0 Å². The molecule has 0 atom stereocenters. The summed E-state index contributed by atoms with van der Waals surface area (Å²) in [6.07, 6.45) is 3.41. The van der Waals surface area contributed by atoms with Crippen LogP contribution in [-0.2, 0) is 11.2 Å². The third-order valence-corrected chi connectivity index (χ3v) is 4.71. The molecule has 1 aliphatic rings. The molecule has 0 saturated heterocycles. The van der Waals surface area contributed by atoms with E-state index in [4.69, 9.17) is 0 Å². The number of nitro groups is 1. The Morgan fingerprint density at radius 3 is 2.58 bits per heavy atom. The van der Waals surface area contributed by atoms with Crippen molar-refractivity contribution >= 4 is 27.6 Å². The number of nitro benzene ring substituents is 1. The highest BCUT2D eigenvalue weighted by molar-refractivity contribution is 9.10. The highest BCUT2D eigenvalue weighted by Crippen LogP contribution is 2.43. The fourth-order valence-corrected chi connectivity index (χ4v) is 3.28. The number of halogens is 1. The molecular formula is C13H14BrNO4. The zero-order chi connectivity index (χ0) is 14.0. The molecule has 0 amide bonds. The van der Waals surface area contributed by atoms with E-state index >= 15 is 0 Å². The molecule has 0 spiro atoms. The third kappa shape index (κ3) is 2.63. The Bertz CT molecular complexity index is 523. The summed E-state index contributed by atoms with van der Waals surface area (Å²) >= 11 is 3.23. The van der Waals surface area contributed by atoms with E-state index in [2.05, 4.69) is 15.9 Å². The van der Waals surface area contributed by atoms with Crippen molar-refractivity contribution in [3.63, 3.8) is 0 Å². The van der Waals surface area contributed by atoms with Gasteiger partial charge in [-0.1, -0.05) is 25.0 Å². The minimum Gasteiger partial charge on any atom is -0.481 e. The first-order valence-corrected chi connectivity index (χ1v) is 6.91. The van der Waals surface area contributed by atoms with Crippen LogP contribution >= 0.6 is 15.9 Å². The lowest BCUT2D eigenvalue weighted by atomic mass is 9.80. The highest BCUT2D eigenvalue weighted by atomic mass is 79.9. The lowest BCUT2D eigenvalue weighted by Gasteiger charge is -2.24. The summed E-state index contributed by atoms with van der Waals surface area (Å²) in [5.74, 6) is -0.802. The van der Waals surface area contributed by atoms with E-state index in [0.29, 0.717) is 29.3 Å². The molecular weight excluding hydrogens is 314 g/mol.